The molecule has 104 valence electrons. The molecule has 0 atom stereocenters. The van der Waals surface area contributed by atoms with E-state index in [-0.39, 0.29) is 6.61 Å². The largest absolute Gasteiger partial charge is 0.486 e. The summed E-state index contributed by atoms with van der Waals surface area (Å²) in [6.07, 6.45) is 4.14. The molecule has 0 unspecified atom stereocenters. The van der Waals surface area contributed by atoms with Crippen molar-refractivity contribution in [1.29, 1.82) is 0 Å². The number of hydrogen-bond acceptors (Lipinski definition) is 4. The summed E-state index contributed by atoms with van der Waals surface area (Å²) in [5.74, 6) is -0.564. The van der Waals surface area contributed by atoms with Crippen LogP contribution in [0, 0.1) is 0 Å². The second-order valence-corrected chi connectivity index (χ2v) is 4.40. The highest BCUT2D eigenvalue weighted by Gasteiger charge is 2.07. The van der Waals surface area contributed by atoms with E-state index in [0.29, 0.717) is 22.0 Å². The standard InChI is InChI=1S/C13H12ClN3O3/c1-17-7-9(15-16-17)8-20-12-4-2-3-11(14)10(12)5-6-13(18)19/h2-7H,8H2,1H3,(H,18,19)/b6-5+. The summed E-state index contributed by atoms with van der Waals surface area (Å²) in [5.41, 5.74) is 1.18. The molecular formula is C13H12ClN3O3. The van der Waals surface area contributed by atoms with Crippen molar-refractivity contribution >= 4 is 23.6 Å². The molecule has 0 aliphatic carbocycles. The topological polar surface area (TPSA) is 77.2 Å². The van der Waals surface area contributed by atoms with Crippen LogP contribution in [0.1, 0.15) is 11.3 Å². The van der Waals surface area contributed by atoms with Gasteiger partial charge in [-0.25, -0.2) is 4.79 Å². The van der Waals surface area contributed by atoms with Crippen molar-refractivity contribution in [3.8, 4) is 5.75 Å². The quantitative estimate of drug-likeness (QED) is 0.855. The Morgan fingerprint density at radius 3 is 3.00 bits per heavy atom. The molecule has 6 nitrogen and oxygen atoms in total. The zero-order valence-corrected chi connectivity index (χ0v) is 11.4. The van der Waals surface area contributed by atoms with Crippen molar-refractivity contribution in [2.24, 2.45) is 7.05 Å². The molecule has 0 aliphatic rings. The smallest absolute Gasteiger partial charge is 0.328 e. The Bertz CT molecular complexity index is 652. The van der Waals surface area contributed by atoms with E-state index in [1.165, 1.54) is 6.08 Å². The van der Waals surface area contributed by atoms with Gasteiger partial charge in [-0.15, -0.1) is 5.10 Å². The van der Waals surface area contributed by atoms with Gasteiger partial charge in [-0.1, -0.05) is 22.9 Å². The van der Waals surface area contributed by atoms with Gasteiger partial charge in [-0.3, -0.25) is 4.68 Å². The van der Waals surface area contributed by atoms with Gasteiger partial charge in [0.1, 0.15) is 18.1 Å². The third-order valence-corrected chi connectivity index (χ3v) is 2.76. The summed E-state index contributed by atoms with van der Waals surface area (Å²) in [5, 5.41) is 16.8. The van der Waals surface area contributed by atoms with E-state index in [1.54, 1.807) is 36.1 Å². The van der Waals surface area contributed by atoms with Crippen molar-refractivity contribution in [3.63, 3.8) is 0 Å². The summed E-state index contributed by atoms with van der Waals surface area (Å²) >= 11 is 6.04. The first kappa shape index (κ1) is 14.1. The monoisotopic (exact) mass is 293 g/mol. The Labute approximate surface area is 120 Å². The number of rotatable bonds is 5. The van der Waals surface area contributed by atoms with Crippen molar-refractivity contribution in [3.05, 3.63) is 46.8 Å². The second-order valence-electron chi connectivity index (χ2n) is 4.00. The lowest BCUT2D eigenvalue weighted by atomic mass is 10.2. The first-order valence-electron chi connectivity index (χ1n) is 5.74. The number of benzene rings is 1. The molecule has 0 spiro atoms. The molecule has 0 saturated carbocycles. The van der Waals surface area contributed by atoms with Crippen molar-refractivity contribution in [2.75, 3.05) is 0 Å². The average Bonchev–Trinajstić information content (AvgIpc) is 2.81. The lowest BCUT2D eigenvalue weighted by Crippen LogP contribution is -1.98. The Balaban J connectivity index is 2.18. The number of aryl methyl sites for hydroxylation is 1. The molecule has 1 heterocycles. The van der Waals surface area contributed by atoms with E-state index in [1.807, 2.05) is 0 Å². The summed E-state index contributed by atoms with van der Waals surface area (Å²) in [7, 11) is 1.76. The van der Waals surface area contributed by atoms with Crippen LogP contribution in [0.4, 0.5) is 0 Å². The first-order chi connectivity index (χ1) is 9.56. The molecule has 2 aromatic rings. The molecule has 0 saturated heterocycles. The number of carbonyl (C=O) groups is 1. The lowest BCUT2D eigenvalue weighted by Gasteiger charge is -2.09. The minimum Gasteiger partial charge on any atom is -0.486 e. The third kappa shape index (κ3) is 3.58. The number of carboxylic acid groups (broad SMARTS) is 1. The van der Waals surface area contributed by atoms with Crippen LogP contribution in [-0.4, -0.2) is 26.1 Å². The Morgan fingerprint density at radius 2 is 2.35 bits per heavy atom. The van der Waals surface area contributed by atoms with Gasteiger partial charge in [0.25, 0.3) is 0 Å². The molecule has 0 fully saturated rings. The van der Waals surface area contributed by atoms with Crippen LogP contribution >= 0.6 is 11.6 Å². The number of ether oxygens (including phenoxy) is 1. The van der Waals surface area contributed by atoms with Gasteiger partial charge in [0.2, 0.25) is 0 Å². The zero-order chi connectivity index (χ0) is 14.5. The van der Waals surface area contributed by atoms with Gasteiger partial charge >= 0.3 is 5.97 Å². The number of aromatic nitrogens is 3. The van der Waals surface area contributed by atoms with Gasteiger partial charge in [-0.2, -0.15) is 0 Å². The zero-order valence-electron chi connectivity index (χ0n) is 10.7. The fraction of sp³-hybridized carbons (Fsp3) is 0.154. The first-order valence-corrected chi connectivity index (χ1v) is 6.11. The molecule has 1 aromatic carbocycles. The lowest BCUT2D eigenvalue weighted by molar-refractivity contribution is -0.131. The number of nitrogens with zero attached hydrogens (tertiary/aromatic N) is 3. The van der Waals surface area contributed by atoms with Gasteiger partial charge in [0, 0.05) is 18.7 Å². The number of aliphatic carboxylic acids is 1. The predicted octanol–water partition coefficient (Wildman–Crippen LogP) is 2.15. The molecule has 1 aromatic heterocycles. The summed E-state index contributed by atoms with van der Waals surface area (Å²) in [4.78, 5) is 10.6. The second kappa shape index (κ2) is 6.21. The molecule has 0 aliphatic heterocycles. The van der Waals surface area contributed by atoms with Crippen LogP contribution < -0.4 is 4.74 Å². The van der Waals surface area contributed by atoms with Gasteiger partial charge < -0.3 is 9.84 Å². The van der Waals surface area contributed by atoms with Gasteiger partial charge in [0.05, 0.1) is 11.2 Å². The van der Waals surface area contributed by atoms with E-state index < -0.39 is 5.97 Å². The summed E-state index contributed by atoms with van der Waals surface area (Å²) < 4.78 is 7.18. The maximum atomic E-state index is 10.6. The Morgan fingerprint density at radius 1 is 1.55 bits per heavy atom. The SMILES string of the molecule is Cn1cc(COc2cccc(Cl)c2/C=C/C(=O)O)nn1. The molecule has 1 N–H and O–H groups in total. The van der Waals surface area contributed by atoms with Crippen molar-refractivity contribution in [1.82, 2.24) is 15.0 Å². The van der Waals surface area contributed by atoms with Crippen LogP contribution in [0.5, 0.6) is 5.75 Å². The predicted molar refractivity (Wildman–Crippen MR) is 73.5 cm³/mol. The molecule has 0 amide bonds. The van der Waals surface area contributed by atoms with Crippen LogP contribution in [-0.2, 0) is 18.4 Å². The average molecular weight is 294 g/mol. The minimum atomic E-state index is -1.05. The van der Waals surface area contributed by atoms with E-state index in [2.05, 4.69) is 10.3 Å². The third-order valence-electron chi connectivity index (χ3n) is 2.43. The minimum absolute atomic E-state index is 0.224. The fourth-order valence-electron chi connectivity index (χ4n) is 1.57. The maximum Gasteiger partial charge on any atom is 0.328 e. The molecule has 0 bridgehead atoms. The van der Waals surface area contributed by atoms with E-state index >= 15 is 0 Å². The highest BCUT2D eigenvalue weighted by atomic mass is 35.5. The van der Waals surface area contributed by atoms with Gasteiger partial charge in [-0.05, 0) is 18.2 Å². The van der Waals surface area contributed by atoms with Crippen LogP contribution in [0.3, 0.4) is 0 Å². The fourth-order valence-corrected chi connectivity index (χ4v) is 1.80. The van der Waals surface area contributed by atoms with Crippen molar-refractivity contribution < 1.29 is 14.6 Å². The van der Waals surface area contributed by atoms with Gasteiger partial charge in [0.15, 0.2) is 0 Å². The molecular weight excluding hydrogens is 282 g/mol. The normalized spacial score (nSPS) is 10.9. The summed E-state index contributed by atoms with van der Waals surface area (Å²) in [6.45, 7) is 0.224. The number of hydrogen-bond donors (Lipinski definition) is 1. The molecule has 20 heavy (non-hydrogen) atoms. The van der Waals surface area contributed by atoms with Crippen LogP contribution in [0.2, 0.25) is 5.02 Å². The maximum absolute atomic E-state index is 10.6. The van der Waals surface area contributed by atoms with Crippen molar-refractivity contribution in [2.45, 2.75) is 6.61 Å². The number of halogens is 1. The summed E-state index contributed by atoms with van der Waals surface area (Å²) in [6, 6.07) is 5.11. The van der Waals surface area contributed by atoms with E-state index in [4.69, 9.17) is 21.4 Å². The van der Waals surface area contributed by atoms with E-state index in [0.717, 1.165) is 6.08 Å². The highest BCUT2D eigenvalue weighted by molar-refractivity contribution is 6.32. The number of carboxylic acids is 1. The molecule has 0 radical (unpaired) electrons. The highest BCUT2D eigenvalue weighted by Crippen LogP contribution is 2.28. The molecule has 7 heteroatoms. The molecule has 2 rings (SSSR count). The Hall–Kier alpha value is -2.34. The van der Waals surface area contributed by atoms with E-state index in [9.17, 15) is 4.79 Å². The van der Waals surface area contributed by atoms with Crippen LogP contribution in [0.15, 0.2) is 30.5 Å². The van der Waals surface area contributed by atoms with Crippen LogP contribution in [0.25, 0.3) is 6.08 Å². The Kier molecular flexibility index (Phi) is 4.37.